The molecule has 0 atom stereocenters. The van der Waals surface area contributed by atoms with Crippen molar-refractivity contribution in [1.29, 1.82) is 0 Å². The summed E-state index contributed by atoms with van der Waals surface area (Å²) in [5.41, 5.74) is 7.66. The highest BCUT2D eigenvalue weighted by atomic mass is 19.1. The molecule has 5 rings (SSSR count). The standard InChI is InChI=1S/C25H26FN5/c1-16-9-19(20-12-27-15-28-13-20)10-25(29-16)18-5-7-31(8-6-18)14-23-17(2)30-24-4-3-21(26)11-22(23)24/h3-4,9-13,15,18,30H,5-8,14H2,1-2H3. The number of piperidine rings is 1. The molecule has 1 N–H and O–H groups in total. The predicted octanol–water partition coefficient (Wildman–Crippen LogP) is 5.16. The number of aromatic nitrogens is 4. The molecule has 6 heteroatoms. The van der Waals surface area contributed by atoms with E-state index in [2.05, 4.69) is 38.9 Å². The Hall–Kier alpha value is -3.12. The van der Waals surface area contributed by atoms with E-state index in [4.69, 9.17) is 4.98 Å². The van der Waals surface area contributed by atoms with Crippen molar-refractivity contribution in [1.82, 2.24) is 24.8 Å². The number of aromatic amines is 1. The summed E-state index contributed by atoms with van der Waals surface area (Å²) in [6.45, 7) is 6.98. The van der Waals surface area contributed by atoms with Crippen LogP contribution in [0.15, 0.2) is 49.1 Å². The highest BCUT2D eigenvalue weighted by Gasteiger charge is 2.23. The number of benzene rings is 1. The van der Waals surface area contributed by atoms with Gasteiger partial charge in [-0.05, 0) is 81.2 Å². The Morgan fingerprint density at radius 3 is 2.58 bits per heavy atom. The molecule has 5 nitrogen and oxygen atoms in total. The highest BCUT2D eigenvalue weighted by Crippen LogP contribution is 2.32. The van der Waals surface area contributed by atoms with Crippen LogP contribution in [0.4, 0.5) is 4.39 Å². The van der Waals surface area contributed by atoms with Gasteiger partial charge in [0.25, 0.3) is 0 Å². The summed E-state index contributed by atoms with van der Waals surface area (Å²) >= 11 is 0. The van der Waals surface area contributed by atoms with Crippen molar-refractivity contribution in [2.24, 2.45) is 0 Å². The number of likely N-dealkylation sites (tertiary alicyclic amines) is 1. The van der Waals surface area contributed by atoms with Crippen LogP contribution in [0.2, 0.25) is 0 Å². The molecule has 0 spiro atoms. The summed E-state index contributed by atoms with van der Waals surface area (Å²) in [7, 11) is 0. The Kier molecular flexibility index (Phi) is 5.24. The van der Waals surface area contributed by atoms with Crippen LogP contribution in [0.25, 0.3) is 22.0 Å². The Labute approximate surface area is 181 Å². The second-order valence-corrected chi connectivity index (χ2v) is 8.52. The van der Waals surface area contributed by atoms with Crippen molar-refractivity contribution < 1.29 is 4.39 Å². The highest BCUT2D eigenvalue weighted by molar-refractivity contribution is 5.84. The third-order valence-electron chi connectivity index (χ3n) is 6.34. The van der Waals surface area contributed by atoms with Gasteiger partial charge < -0.3 is 4.98 Å². The minimum Gasteiger partial charge on any atom is -0.358 e. The van der Waals surface area contributed by atoms with Crippen LogP contribution in [0.3, 0.4) is 0 Å². The van der Waals surface area contributed by atoms with Gasteiger partial charge in [0.1, 0.15) is 12.1 Å². The first-order valence-electron chi connectivity index (χ1n) is 10.8. The van der Waals surface area contributed by atoms with E-state index < -0.39 is 0 Å². The Morgan fingerprint density at radius 2 is 1.81 bits per heavy atom. The number of pyridine rings is 1. The van der Waals surface area contributed by atoms with Crippen molar-refractivity contribution in [2.75, 3.05) is 13.1 Å². The van der Waals surface area contributed by atoms with E-state index in [9.17, 15) is 4.39 Å². The van der Waals surface area contributed by atoms with Gasteiger partial charge in [0.15, 0.2) is 0 Å². The van der Waals surface area contributed by atoms with E-state index in [0.717, 1.165) is 71.6 Å². The molecule has 1 aliphatic heterocycles. The summed E-state index contributed by atoms with van der Waals surface area (Å²) < 4.78 is 13.8. The summed E-state index contributed by atoms with van der Waals surface area (Å²) in [6, 6.07) is 9.27. The van der Waals surface area contributed by atoms with Crippen LogP contribution in [0.1, 0.15) is 41.4 Å². The average molecular weight is 416 g/mol. The molecule has 1 aromatic carbocycles. The Morgan fingerprint density at radius 1 is 1.03 bits per heavy atom. The average Bonchev–Trinajstić information content (AvgIpc) is 3.09. The second kappa shape index (κ2) is 8.19. The molecular formula is C25H26FN5. The fraction of sp³-hybridized carbons (Fsp3) is 0.320. The molecule has 0 bridgehead atoms. The zero-order valence-electron chi connectivity index (χ0n) is 17.9. The van der Waals surface area contributed by atoms with E-state index >= 15 is 0 Å². The lowest BCUT2D eigenvalue weighted by atomic mass is 9.91. The van der Waals surface area contributed by atoms with E-state index in [1.807, 2.05) is 25.4 Å². The molecule has 31 heavy (non-hydrogen) atoms. The quantitative estimate of drug-likeness (QED) is 0.500. The van der Waals surface area contributed by atoms with E-state index in [0.29, 0.717) is 5.92 Å². The predicted molar refractivity (Wildman–Crippen MR) is 120 cm³/mol. The Bertz CT molecular complexity index is 1210. The van der Waals surface area contributed by atoms with Crippen LogP contribution in [-0.2, 0) is 6.54 Å². The molecule has 0 aliphatic carbocycles. The number of H-pyrrole nitrogens is 1. The number of fused-ring (bicyclic) bond motifs is 1. The number of hydrogen-bond donors (Lipinski definition) is 1. The number of nitrogens with zero attached hydrogens (tertiary/aromatic N) is 4. The molecule has 0 amide bonds. The molecule has 1 saturated heterocycles. The maximum Gasteiger partial charge on any atom is 0.123 e. The topological polar surface area (TPSA) is 57.7 Å². The number of hydrogen-bond acceptors (Lipinski definition) is 4. The lowest BCUT2D eigenvalue weighted by molar-refractivity contribution is 0.203. The van der Waals surface area contributed by atoms with Gasteiger partial charge in [0, 0.05) is 58.4 Å². The fourth-order valence-corrected chi connectivity index (χ4v) is 4.69. The van der Waals surface area contributed by atoms with E-state index in [1.54, 1.807) is 12.4 Å². The minimum absolute atomic E-state index is 0.184. The van der Waals surface area contributed by atoms with Gasteiger partial charge >= 0.3 is 0 Å². The molecule has 0 unspecified atom stereocenters. The summed E-state index contributed by atoms with van der Waals surface area (Å²) in [5, 5.41) is 0.995. The Balaban J connectivity index is 1.31. The number of rotatable bonds is 4. The van der Waals surface area contributed by atoms with Crippen LogP contribution in [0, 0.1) is 19.7 Å². The van der Waals surface area contributed by atoms with Crippen molar-refractivity contribution in [3.05, 3.63) is 77.5 Å². The van der Waals surface area contributed by atoms with Crippen LogP contribution in [0.5, 0.6) is 0 Å². The van der Waals surface area contributed by atoms with Gasteiger partial charge in [0.05, 0.1) is 0 Å². The first kappa shape index (κ1) is 19.8. The maximum absolute atomic E-state index is 13.8. The van der Waals surface area contributed by atoms with E-state index in [1.165, 1.54) is 11.6 Å². The molecule has 0 saturated carbocycles. The third kappa shape index (κ3) is 4.08. The number of aryl methyl sites for hydroxylation is 2. The third-order valence-corrected chi connectivity index (χ3v) is 6.34. The zero-order chi connectivity index (χ0) is 21.4. The summed E-state index contributed by atoms with van der Waals surface area (Å²) in [5.74, 6) is 0.262. The summed E-state index contributed by atoms with van der Waals surface area (Å²) in [6.07, 6.45) is 7.38. The SMILES string of the molecule is Cc1cc(-c2cncnc2)cc(C2CCN(Cc3c(C)[nH]c4ccc(F)cc34)CC2)n1. The van der Waals surface area contributed by atoms with Gasteiger partial charge in [-0.3, -0.25) is 9.88 Å². The lowest BCUT2D eigenvalue weighted by Gasteiger charge is -2.32. The molecule has 3 aromatic heterocycles. The molecule has 4 aromatic rings. The van der Waals surface area contributed by atoms with Gasteiger partial charge in [0.2, 0.25) is 0 Å². The second-order valence-electron chi connectivity index (χ2n) is 8.52. The van der Waals surface area contributed by atoms with Gasteiger partial charge in [-0.15, -0.1) is 0 Å². The van der Waals surface area contributed by atoms with Gasteiger partial charge in [-0.1, -0.05) is 0 Å². The smallest absolute Gasteiger partial charge is 0.123 e. The van der Waals surface area contributed by atoms with Gasteiger partial charge in [-0.25, -0.2) is 14.4 Å². The maximum atomic E-state index is 13.8. The van der Waals surface area contributed by atoms with Gasteiger partial charge in [-0.2, -0.15) is 0 Å². The fourth-order valence-electron chi connectivity index (χ4n) is 4.69. The molecule has 1 fully saturated rings. The molecule has 158 valence electrons. The van der Waals surface area contributed by atoms with Crippen molar-refractivity contribution in [3.63, 3.8) is 0 Å². The van der Waals surface area contributed by atoms with Crippen molar-refractivity contribution in [3.8, 4) is 11.1 Å². The molecule has 0 radical (unpaired) electrons. The summed E-state index contributed by atoms with van der Waals surface area (Å²) in [4.78, 5) is 19.0. The van der Waals surface area contributed by atoms with E-state index in [-0.39, 0.29) is 5.82 Å². The normalized spacial score (nSPS) is 15.6. The van der Waals surface area contributed by atoms with Crippen LogP contribution >= 0.6 is 0 Å². The van der Waals surface area contributed by atoms with Crippen LogP contribution < -0.4 is 0 Å². The molecule has 4 heterocycles. The zero-order valence-corrected chi connectivity index (χ0v) is 17.9. The van der Waals surface area contributed by atoms with Crippen molar-refractivity contribution >= 4 is 10.9 Å². The first-order valence-corrected chi connectivity index (χ1v) is 10.8. The monoisotopic (exact) mass is 415 g/mol. The largest absolute Gasteiger partial charge is 0.358 e. The van der Waals surface area contributed by atoms with Crippen LogP contribution in [-0.4, -0.2) is 37.9 Å². The number of nitrogens with one attached hydrogen (secondary N) is 1. The molecular weight excluding hydrogens is 389 g/mol. The lowest BCUT2D eigenvalue weighted by Crippen LogP contribution is -2.32. The van der Waals surface area contributed by atoms with Crippen molar-refractivity contribution in [2.45, 2.75) is 39.2 Å². The molecule has 1 aliphatic rings. The minimum atomic E-state index is -0.184. The first-order chi connectivity index (χ1) is 15.1. The number of halogens is 1.